The quantitative estimate of drug-likeness (QED) is 0.109. The van der Waals surface area contributed by atoms with Crippen LogP contribution in [0.5, 0.6) is 0 Å². The molecule has 4 aromatic carbocycles. The summed E-state index contributed by atoms with van der Waals surface area (Å²) in [6.45, 7) is 13.2. The molecule has 0 saturated heterocycles. The Balaban J connectivity index is 0.000000186. The monoisotopic (exact) mass is 876 g/mol. The molecule has 8 rings (SSSR count). The SMILES string of the molecule is C=C(c1ccccc1)[C@@]12CC[C@@H](OS(=O)(=O)NC(N)=O)C1CC(C)=C2c1ccccc1.C=C(c1ccccc1)[C@@]12CC[C@H](OS(=O)(=O)NC(N)=O)C1CC(C)=C2c1ccccc1. The van der Waals surface area contributed by atoms with E-state index in [1.165, 1.54) is 22.3 Å². The number of carbonyl (C=O) groups is 2. The minimum Gasteiger partial charge on any atom is -0.351 e. The molecule has 4 aromatic rings. The maximum atomic E-state index is 12.3. The Morgan fingerprint density at radius 3 is 1.18 bits per heavy atom. The van der Waals surface area contributed by atoms with Gasteiger partial charge in [-0.2, -0.15) is 16.8 Å². The number of primary amides is 2. The van der Waals surface area contributed by atoms with Gasteiger partial charge in [-0.1, -0.05) is 146 Å². The number of nitrogens with two attached hydrogens (primary N) is 2. The van der Waals surface area contributed by atoms with Crippen LogP contribution in [0.3, 0.4) is 0 Å². The van der Waals surface area contributed by atoms with Gasteiger partial charge in [-0.15, -0.1) is 0 Å². The van der Waals surface area contributed by atoms with Crippen molar-refractivity contribution in [2.24, 2.45) is 34.1 Å². The summed E-state index contributed by atoms with van der Waals surface area (Å²) < 4.78 is 63.5. The van der Waals surface area contributed by atoms with Gasteiger partial charge in [-0.3, -0.25) is 0 Å². The molecule has 4 aliphatic carbocycles. The van der Waals surface area contributed by atoms with Crippen LogP contribution >= 0.6 is 0 Å². The largest absolute Gasteiger partial charge is 0.363 e. The molecular formula is C48H52N4O8S2. The third-order valence-electron chi connectivity index (χ3n) is 13.0. The summed E-state index contributed by atoms with van der Waals surface area (Å²) in [6, 6.07) is 37.9. The topological polar surface area (TPSA) is 197 Å². The Bertz CT molecular complexity index is 2470. The van der Waals surface area contributed by atoms with Crippen molar-refractivity contribution < 1.29 is 34.8 Å². The summed E-state index contributed by atoms with van der Waals surface area (Å²) in [5.74, 6) is -0.250. The maximum absolute atomic E-state index is 12.3. The van der Waals surface area contributed by atoms with E-state index in [0.29, 0.717) is 38.5 Å². The fourth-order valence-corrected chi connectivity index (χ4v) is 12.6. The van der Waals surface area contributed by atoms with E-state index >= 15 is 0 Å². The van der Waals surface area contributed by atoms with Gasteiger partial charge in [0.1, 0.15) is 0 Å². The molecule has 4 aliphatic rings. The van der Waals surface area contributed by atoms with Crippen molar-refractivity contribution in [3.63, 3.8) is 0 Å². The van der Waals surface area contributed by atoms with Crippen LogP contribution in [0.1, 0.15) is 74.6 Å². The van der Waals surface area contributed by atoms with Gasteiger partial charge in [-0.05, 0) is 96.9 Å². The first kappa shape index (κ1) is 44.3. The second kappa shape index (κ2) is 17.5. The van der Waals surface area contributed by atoms with E-state index in [2.05, 4.69) is 51.3 Å². The number of rotatable bonds is 12. The molecule has 2 saturated carbocycles. The zero-order chi connectivity index (χ0) is 44.5. The van der Waals surface area contributed by atoms with Crippen LogP contribution in [0.25, 0.3) is 22.3 Å². The number of nitrogens with one attached hydrogen (secondary N) is 2. The number of fused-ring (bicyclic) bond motifs is 2. The standard InChI is InChI=1S/2C24H26N2O4S/c2*1-16-15-20-21(30-31(28,29)26-23(25)27)13-14-24(20,17(2)18-9-5-3-6-10-18)22(16)19-11-7-4-8-12-19/h2*3-12,20-21H,2,13-15H2,1H3,(H3,25,26,27)/t20?,21-,24+;20?,21-,24-/m10/s1. The van der Waals surface area contributed by atoms with Crippen molar-refractivity contribution in [2.75, 3.05) is 0 Å². The van der Waals surface area contributed by atoms with E-state index in [0.717, 1.165) is 33.4 Å². The normalized spacial score (nSPS) is 25.3. The van der Waals surface area contributed by atoms with E-state index in [1.807, 2.05) is 97.1 Å². The molecule has 14 heteroatoms. The zero-order valence-electron chi connectivity index (χ0n) is 34.8. The second-order valence-corrected chi connectivity index (χ2v) is 19.1. The lowest BCUT2D eigenvalue weighted by Gasteiger charge is -2.37. The highest BCUT2D eigenvalue weighted by molar-refractivity contribution is 7.85. The molecular weight excluding hydrogens is 825 g/mol. The number of urea groups is 2. The van der Waals surface area contributed by atoms with Gasteiger partial charge in [0.05, 0.1) is 12.2 Å². The molecule has 12 nitrogen and oxygen atoms in total. The van der Waals surface area contributed by atoms with Crippen molar-refractivity contribution in [3.05, 3.63) is 168 Å². The lowest BCUT2D eigenvalue weighted by atomic mass is 9.66. The van der Waals surface area contributed by atoms with Crippen LogP contribution in [-0.4, -0.2) is 41.1 Å². The Morgan fingerprint density at radius 2 is 0.871 bits per heavy atom. The van der Waals surface area contributed by atoms with E-state index in [9.17, 15) is 26.4 Å². The fraction of sp³-hybridized carbons (Fsp3) is 0.292. The molecule has 6 atom stereocenters. The Labute approximate surface area is 364 Å². The van der Waals surface area contributed by atoms with Gasteiger partial charge in [0.15, 0.2) is 0 Å². The van der Waals surface area contributed by atoms with Gasteiger partial charge >= 0.3 is 32.7 Å². The summed E-state index contributed by atoms with van der Waals surface area (Å²) in [4.78, 5) is 22.2. The first-order valence-electron chi connectivity index (χ1n) is 20.5. The minimum absolute atomic E-state index is 0.125. The molecule has 0 radical (unpaired) electrons. The third kappa shape index (κ3) is 8.52. The molecule has 6 N–H and O–H groups in total. The van der Waals surface area contributed by atoms with Crippen LogP contribution in [-0.2, 0) is 29.0 Å². The molecule has 2 fully saturated rings. The highest BCUT2D eigenvalue weighted by Gasteiger charge is 2.59. The predicted molar refractivity (Wildman–Crippen MR) is 242 cm³/mol. The molecule has 0 aromatic heterocycles. The highest BCUT2D eigenvalue weighted by atomic mass is 32.2. The van der Waals surface area contributed by atoms with Crippen molar-refractivity contribution >= 4 is 55.0 Å². The highest BCUT2D eigenvalue weighted by Crippen LogP contribution is 2.67. The second-order valence-electron chi connectivity index (χ2n) is 16.5. The summed E-state index contributed by atoms with van der Waals surface area (Å²) >= 11 is 0. The molecule has 0 heterocycles. The van der Waals surface area contributed by atoms with E-state index < -0.39 is 55.7 Å². The van der Waals surface area contributed by atoms with Crippen molar-refractivity contribution in [1.82, 2.24) is 9.44 Å². The molecule has 0 bridgehead atoms. The molecule has 4 amide bonds. The third-order valence-corrected chi connectivity index (χ3v) is 14.9. The Kier molecular flexibility index (Phi) is 12.5. The van der Waals surface area contributed by atoms with Crippen molar-refractivity contribution in [1.29, 1.82) is 0 Å². The molecule has 2 unspecified atom stereocenters. The number of hydrogen-bond acceptors (Lipinski definition) is 8. The van der Waals surface area contributed by atoms with E-state index in [-0.39, 0.29) is 11.8 Å². The minimum atomic E-state index is -4.29. The Morgan fingerprint density at radius 1 is 0.565 bits per heavy atom. The smallest absolute Gasteiger partial charge is 0.351 e. The maximum Gasteiger partial charge on any atom is 0.363 e. The van der Waals surface area contributed by atoms with E-state index in [4.69, 9.17) is 19.8 Å². The average Bonchev–Trinajstić information content (AvgIpc) is 3.94. The van der Waals surface area contributed by atoms with Gasteiger partial charge in [0.25, 0.3) is 0 Å². The predicted octanol–water partition coefficient (Wildman–Crippen LogP) is 8.54. The average molecular weight is 877 g/mol. The van der Waals surface area contributed by atoms with Crippen molar-refractivity contribution in [2.45, 2.75) is 64.6 Å². The number of hydrogen-bond donors (Lipinski definition) is 4. The summed E-state index contributed by atoms with van der Waals surface area (Å²) in [5, 5.41) is 0. The van der Waals surface area contributed by atoms with Crippen LogP contribution in [0.2, 0.25) is 0 Å². The fourth-order valence-electron chi connectivity index (χ4n) is 10.9. The van der Waals surface area contributed by atoms with Crippen LogP contribution < -0.4 is 20.9 Å². The molecule has 0 aliphatic heterocycles. The van der Waals surface area contributed by atoms with Crippen LogP contribution in [0, 0.1) is 22.7 Å². The molecule has 0 spiro atoms. The summed E-state index contributed by atoms with van der Waals surface area (Å²) in [6.07, 6.45) is 2.65. The number of allylic oxidation sites excluding steroid dienone is 6. The first-order chi connectivity index (χ1) is 29.5. The zero-order valence-corrected chi connectivity index (χ0v) is 36.4. The van der Waals surface area contributed by atoms with Gasteiger partial charge in [-0.25, -0.2) is 27.4 Å². The van der Waals surface area contributed by atoms with Gasteiger partial charge < -0.3 is 11.5 Å². The summed E-state index contributed by atoms with van der Waals surface area (Å²) in [7, 11) is -8.58. The summed E-state index contributed by atoms with van der Waals surface area (Å²) in [5.41, 5.74) is 20.0. The van der Waals surface area contributed by atoms with Crippen molar-refractivity contribution in [3.8, 4) is 0 Å². The number of carbonyl (C=O) groups excluding carboxylic acids is 2. The Hall–Kier alpha value is -5.80. The van der Waals surface area contributed by atoms with Crippen LogP contribution in [0.15, 0.2) is 146 Å². The first-order valence-corrected chi connectivity index (χ1v) is 23.3. The number of amides is 4. The van der Waals surface area contributed by atoms with E-state index in [1.54, 1.807) is 9.44 Å². The number of benzene rings is 4. The lowest BCUT2D eigenvalue weighted by molar-refractivity contribution is 0.148. The molecule has 324 valence electrons. The molecule has 62 heavy (non-hydrogen) atoms. The van der Waals surface area contributed by atoms with Crippen LogP contribution in [0.4, 0.5) is 9.59 Å². The lowest BCUT2D eigenvalue weighted by Crippen LogP contribution is -2.40. The van der Waals surface area contributed by atoms with Gasteiger partial charge in [0, 0.05) is 22.7 Å². The van der Waals surface area contributed by atoms with Gasteiger partial charge in [0.2, 0.25) is 0 Å².